The van der Waals surface area contributed by atoms with Gasteiger partial charge < -0.3 is 0 Å². The molecule has 0 bridgehead atoms. The molecular weight excluding hydrogens is 199 g/mol. The van der Waals surface area contributed by atoms with E-state index >= 15 is 0 Å². The molecule has 0 aliphatic heterocycles. The predicted octanol–water partition coefficient (Wildman–Crippen LogP) is 3.47. The fourth-order valence-corrected chi connectivity index (χ4v) is 1.67. The average molecular weight is 220 g/mol. The van der Waals surface area contributed by atoms with Gasteiger partial charge in [0.2, 0.25) is 0 Å². The molecule has 0 fully saturated rings. The minimum Gasteiger partial charge on any atom is -0.296 e. The molecule has 84 valence electrons. The van der Waals surface area contributed by atoms with Gasteiger partial charge >= 0.3 is 0 Å². The molecule has 0 aromatic heterocycles. The van der Waals surface area contributed by atoms with E-state index in [0.29, 0.717) is 0 Å². The molecule has 0 aromatic rings. The molecule has 0 aliphatic carbocycles. The van der Waals surface area contributed by atoms with Gasteiger partial charge in [0.1, 0.15) is 0 Å². The Hall–Kier alpha value is -0.0500. The highest BCUT2D eigenvalue weighted by Crippen LogP contribution is 2.27. The summed E-state index contributed by atoms with van der Waals surface area (Å²) in [4.78, 5) is 11.5. The van der Waals surface area contributed by atoms with Crippen LogP contribution in [-0.2, 0) is 4.79 Å². The maximum Gasteiger partial charge on any atom is 0.173 e. The summed E-state index contributed by atoms with van der Waals surface area (Å²) in [6.45, 7) is 11.3. The van der Waals surface area contributed by atoms with E-state index in [4.69, 9.17) is 0 Å². The Bertz CT molecular complexity index is 200. The van der Waals surface area contributed by atoms with Crippen LogP contribution >= 0.6 is 11.8 Å². The van der Waals surface area contributed by atoms with Gasteiger partial charge in [-0.3, -0.25) is 4.79 Å². The molecule has 0 rings (SSSR count). The number of hydrogen-bond donors (Lipinski definition) is 0. The number of rotatable bonds is 3. The average Bonchev–Trinajstić information content (AvgIpc) is 1.95. The van der Waals surface area contributed by atoms with E-state index in [1.807, 2.05) is 20.8 Å². The van der Waals surface area contributed by atoms with E-state index in [1.54, 1.807) is 20.8 Å². The highest BCUT2D eigenvalue weighted by atomic mass is 32.2. The Balaban J connectivity index is 4.11. The molecule has 0 N–H and O–H groups in total. The van der Waals surface area contributed by atoms with Crippen LogP contribution in [0.1, 0.15) is 41.5 Å². The van der Waals surface area contributed by atoms with Crippen molar-refractivity contribution in [3.05, 3.63) is 0 Å². The van der Waals surface area contributed by atoms with Crippen LogP contribution in [0.3, 0.4) is 0 Å². The zero-order valence-corrected chi connectivity index (χ0v) is 10.8. The van der Waals surface area contributed by atoms with Crippen molar-refractivity contribution >= 4 is 17.5 Å². The van der Waals surface area contributed by atoms with Crippen molar-refractivity contribution in [3.8, 4) is 0 Å². The molecule has 0 heterocycles. The Morgan fingerprint density at radius 2 is 1.64 bits per heavy atom. The van der Waals surface area contributed by atoms with Crippen LogP contribution in [0.2, 0.25) is 0 Å². The Morgan fingerprint density at radius 1 is 1.21 bits per heavy atom. The van der Waals surface area contributed by atoms with Crippen LogP contribution < -0.4 is 0 Å². The van der Waals surface area contributed by atoms with E-state index in [1.165, 1.54) is 11.8 Å². The first-order chi connectivity index (χ1) is 6.04. The molecule has 0 aliphatic rings. The van der Waals surface area contributed by atoms with Crippen molar-refractivity contribution in [2.75, 3.05) is 5.75 Å². The third-order valence-electron chi connectivity index (χ3n) is 1.69. The van der Waals surface area contributed by atoms with Gasteiger partial charge in [-0.15, -0.1) is 0 Å². The largest absolute Gasteiger partial charge is 0.296 e. The zero-order chi connectivity index (χ0) is 11.6. The van der Waals surface area contributed by atoms with Gasteiger partial charge in [0.25, 0.3) is 0 Å². The molecule has 1 atom stereocenters. The third kappa shape index (κ3) is 5.63. The molecule has 0 saturated carbocycles. The minimum atomic E-state index is -1.33. The molecule has 1 unspecified atom stereocenters. The number of ketones is 1. The van der Waals surface area contributed by atoms with Crippen molar-refractivity contribution in [2.45, 2.75) is 52.5 Å². The van der Waals surface area contributed by atoms with Gasteiger partial charge in [0, 0.05) is 15.9 Å². The molecule has 0 amide bonds. The smallest absolute Gasteiger partial charge is 0.173 e. The number of carbonyl (C=O) groups excluding carboxylic acids is 1. The number of thioether (sulfide) groups is 1. The zero-order valence-electron chi connectivity index (χ0n) is 9.98. The van der Waals surface area contributed by atoms with E-state index in [2.05, 4.69) is 0 Å². The van der Waals surface area contributed by atoms with Crippen molar-refractivity contribution in [2.24, 2.45) is 5.41 Å². The van der Waals surface area contributed by atoms with Crippen LogP contribution in [0.4, 0.5) is 4.39 Å². The van der Waals surface area contributed by atoms with Gasteiger partial charge in [-0.05, 0) is 0 Å². The topological polar surface area (TPSA) is 17.1 Å². The summed E-state index contributed by atoms with van der Waals surface area (Å²) in [6, 6.07) is 0. The monoisotopic (exact) mass is 220 g/mol. The van der Waals surface area contributed by atoms with Gasteiger partial charge in [-0.1, -0.05) is 41.5 Å². The van der Waals surface area contributed by atoms with Crippen molar-refractivity contribution in [3.63, 3.8) is 0 Å². The number of halogens is 1. The van der Waals surface area contributed by atoms with Gasteiger partial charge in [0.05, 0.1) is 0 Å². The summed E-state index contributed by atoms with van der Waals surface area (Å²) in [5, 5.41) is 0. The second-order valence-corrected chi connectivity index (χ2v) is 7.35. The van der Waals surface area contributed by atoms with Crippen molar-refractivity contribution in [1.82, 2.24) is 0 Å². The summed E-state index contributed by atoms with van der Waals surface area (Å²) < 4.78 is 13.5. The number of carbonyl (C=O) groups is 1. The van der Waals surface area contributed by atoms with Gasteiger partial charge in [0.15, 0.2) is 12.0 Å². The first-order valence-electron chi connectivity index (χ1n) is 4.86. The summed E-state index contributed by atoms with van der Waals surface area (Å²) in [6.07, 6.45) is -1.33. The molecule has 0 aromatic carbocycles. The minimum absolute atomic E-state index is 0.0164. The second kappa shape index (κ2) is 4.65. The molecule has 0 saturated heterocycles. The molecular formula is C11H21FOS. The Morgan fingerprint density at radius 3 is 1.93 bits per heavy atom. The summed E-state index contributed by atoms with van der Waals surface area (Å²) >= 11 is 1.49. The van der Waals surface area contributed by atoms with E-state index in [9.17, 15) is 9.18 Å². The van der Waals surface area contributed by atoms with Crippen LogP contribution in [0.25, 0.3) is 0 Å². The SMILES string of the molecule is CC(C)(C)SCC(F)C(=O)C(C)(C)C. The first-order valence-corrected chi connectivity index (χ1v) is 5.85. The molecule has 3 heteroatoms. The maximum atomic E-state index is 13.5. The van der Waals surface area contributed by atoms with Crippen LogP contribution in [0.15, 0.2) is 0 Å². The number of Topliss-reactive ketones (excluding diaryl/α,β-unsaturated/α-hetero) is 1. The molecule has 1 nitrogen and oxygen atoms in total. The van der Waals surface area contributed by atoms with Crippen LogP contribution in [0.5, 0.6) is 0 Å². The van der Waals surface area contributed by atoms with Crippen molar-refractivity contribution in [1.29, 1.82) is 0 Å². The van der Waals surface area contributed by atoms with Gasteiger partial charge in [-0.25, -0.2) is 4.39 Å². The molecule has 0 spiro atoms. The van der Waals surface area contributed by atoms with Gasteiger partial charge in [-0.2, -0.15) is 11.8 Å². The molecule has 0 radical (unpaired) electrons. The molecule has 14 heavy (non-hydrogen) atoms. The van der Waals surface area contributed by atoms with E-state index < -0.39 is 11.6 Å². The summed E-state index contributed by atoms with van der Waals surface area (Å²) in [5.41, 5.74) is -0.572. The summed E-state index contributed by atoms with van der Waals surface area (Å²) in [7, 11) is 0. The number of alkyl halides is 1. The van der Waals surface area contributed by atoms with Crippen molar-refractivity contribution < 1.29 is 9.18 Å². The summed E-state index contributed by atoms with van der Waals surface area (Å²) in [5.74, 6) is -0.0335. The Kier molecular flexibility index (Phi) is 4.63. The highest BCUT2D eigenvalue weighted by Gasteiger charge is 2.30. The standard InChI is InChI=1S/C11H21FOS/c1-10(2,3)9(13)8(12)7-14-11(4,5)6/h8H,7H2,1-6H3. The maximum absolute atomic E-state index is 13.5. The van der Waals surface area contributed by atoms with E-state index in [-0.39, 0.29) is 16.3 Å². The third-order valence-corrected chi connectivity index (χ3v) is 3.01. The normalized spacial score (nSPS) is 15.4. The fourth-order valence-electron chi connectivity index (χ4n) is 0.869. The predicted molar refractivity (Wildman–Crippen MR) is 61.6 cm³/mol. The lowest BCUT2D eigenvalue weighted by atomic mass is 9.89. The van der Waals surface area contributed by atoms with Crippen LogP contribution in [-0.4, -0.2) is 22.5 Å². The second-order valence-electron chi connectivity index (χ2n) is 5.51. The quantitative estimate of drug-likeness (QED) is 0.724. The lowest BCUT2D eigenvalue weighted by Crippen LogP contribution is -2.32. The number of hydrogen-bond acceptors (Lipinski definition) is 2. The fraction of sp³-hybridized carbons (Fsp3) is 0.909. The lowest BCUT2D eigenvalue weighted by molar-refractivity contribution is -0.130. The van der Waals surface area contributed by atoms with Crippen LogP contribution in [0, 0.1) is 5.41 Å². The first kappa shape index (κ1) is 13.9. The van der Waals surface area contributed by atoms with E-state index in [0.717, 1.165) is 0 Å². The highest BCUT2D eigenvalue weighted by molar-refractivity contribution is 8.00. The lowest BCUT2D eigenvalue weighted by Gasteiger charge is -2.22. The Labute approximate surface area is 90.8 Å².